The maximum absolute atomic E-state index is 14.9. The summed E-state index contributed by atoms with van der Waals surface area (Å²) >= 11 is 0. The summed E-state index contributed by atoms with van der Waals surface area (Å²) in [4.78, 5) is 47.2. The first kappa shape index (κ1) is 32.4. The standard InChI is InChI=1S/C47H37N3O3/c1-27(2)30-19-14-20-31(28(3)4)44(30)50-46(52)36-25-42(48-38-21-10-6-15-32(38)29(5)33-16-7-11-22-39(33)48)43(26-37(36)47(50)53)49-40-23-12-8-17-34(40)45(51)35-18-9-13-24-41(35)49/h6-28H,5H2,1-4H3. The number of anilines is 4. The number of benzene rings is 6. The molecule has 2 aliphatic rings. The van der Waals surface area contributed by atoms with Gasteiger partial charge in [-0.05, 0) is 77.1 Å². The molecule has 0 N–H and O–H groups in total. The fourth-order valence-electron chi connectivity index (χ4n) is 8.23. The van der Waals surface area contributed by atoms with Gasteiger partial charge in [-0.2, -0.15) is 0 Å². The molecule has 1 aromatic heterocycles. The minimum atomic E-state index is -0.365. The first-order valence-electron chi connectivity index (χ1n) is 18.1. The zero-order chi connectivity index (χ0) is 36.7. The molecule has 0 fully saturated rings. The fraction of sp³-hybridized carbons (Fsp3) is 0.128. The third-order valence-electron chi connectivity index (χ3n) is 10.7. The van der Waals surface area contributed by atoms with Crippen LogP contribution in [-0.2, 0) is 0 Å². The number of pyridine rings is 1. The molecule has 6 aromatic carbocycles. The molecule has 0 spiro atoms. The van der Waals surface area contributed by atoms with Gasteiger partial charge in [-0.3, -0.25) is 14.4 Å². The highest BCUT2D eigenvalue weighted by Gasteiger charge is 2.41. The number of hydrogen-bond donors (Lipinski definition) is 0. The highest BCUT2D eigenvalue weighted by Crippen LogP contribution is 2.51. The van der Waals surface area contributed by atoms with Gasteiger partial charge in [0.1, 0.15) is 0 Å². The van der Waals surface area contributed by atoms with Crippen molar-refractivity contribution in [3.8, 4) is 5.69 Å². The summed E-state index contributed by atoms with van der Waals surface area (Å²) in [7, 11) is 0. The van der Waals surface area contributed by atoms with Crippen molar-refractivity contribution in [2.75, 3.05) is 9.80 Å². The van der Waals surface area contributed by atoms with Crippen LogP contribution in [0.3, 0.4) is 0 Å². The van der Waals surface area contributed by atoms with Crippen molar-refractivity contribution in [2.45, 2.75) is 39.5 Å². The van der Waals surface area contributed by atoms with E-state index in [4.69, 9.17) is 0 Å². The van der Waals surface area contributed by atoms with Crippen LogP contribution in [0.5, 0.6) is 0 Å². The highest BCUT2D eigenvalue weighted by molar-refractivity contribution is 6.35. The summed E-state index contributed by atoms with van der Waals surface area (Å²) in [6.45, 7) is 12.8. The third-order valence-corrected chi connectivity index (χ3v) is 10.7. The van der Waals surface area contributed by atoms with Crippen LogP contribution in [0.4, 0.5) is 22.7 Å². The van der Waals surface area contributed by atoms with Gasteiger partial charge >= 0.3 is 0 Å². The number of fused-ring (bicyclic) bond motifs is 5. The second-order valence-corrected chi connectivity index (χ2v) is 14.5. The highest BCUT2D eigenvalue weighted by atomic mass is 16.2. The molecule has 6 heteroatoms. The number of amides is 2. The molecular weight excluding hydrogens is 655 g/mol. The van der Waals surface area contributed by atoms with E-state index in [2.05, 4.69) is 68.0 Å². The van der Waals surface area contributed by atoms with E-state index < -0.39 is 0 Å². The van der Waals surface area contributed by atoms with Gasteiger partial charge in [0.15, 0.2) is 5.43 Å². The molecule has 0 bridgehead atoms. The average molecular weight is 692 g/mol. The molecule has 9 rings (SSSR count). The van der Waals surface area contributed by atoms with Crippen molar-refractivity contribution < 1.29 is 9.59 Å². The van der Waals surface area contributed by atoms with Gasteiger partial charge in [0.2, 0.25) is 0 Å². The van der Waals surface area contributed by atoms with E-state index in [-0.39, 0.29) is 29.1 Å². The van der Waals surface area contributed by atoms with Gasteiger partial charge in [0, 0.05) is 21.9 Å². The molecule has 0 unspecified atom stereocenters. The molecule has 2 amide bonds. The van der Waals surface area contributed by atoms with Crippen LogP contribution in [0.25, 0.3) is 33.1 Å². The third kappa shape index (κ3) is 4.68. The van der Waals surface area contributed by atoms with Gasteiger partial charge in [-0.15, -0.1) is 0 Å². The summed E-state index contributed by atoms with van der Waals surface area (Å²) in [6, 6.07) is 41.1. The summed E-state index contributed by atoms with van der Waals surface area (Å²) in [6.07, 6.45) is 0. The maximum Gasteiger partial charge on any atom is 0.266 e. The molecule has 7 aromatic rings. The topological polar surface area (TPSA) is 62.6 Å². The maximum atomic E-state index is 14.9. The molecular formula is C47H37N3O3. The van der Waals surface area contributed by atoms with Crippen LogP contribution in [0.2, 0.25) is 0 Å². The van der Waals surface area contributed by atoms with Crippen LogP contribution < -0.4 is 15.2 Å². The Morgan fingerprint density at radius 2 is 0.925 bits per heavy atom. The van der Waals surface area contributed by atoms with Gasteiger partial charge in [-0.25, -0.2) is 4.90 Å². The summed E-state index contributed by atoms with van der Waals surface area (Å²) in [5, 5.41) is 1.11. The Morgan fingerprint density at radius 1 is 0.472 bits per heavy atom. The van der Waals surface area contributed by atoms with Crippen molar-refractivity contribution in [1.82, 2.24) is 4.57 Å². The van der Waals surface area contributed by atoms with Crippen LogP contribution in [-0.4, -0.2) is 16.4 Å². The quantitative estimate of drug-likeness (QED) is 0.133. The van der Waals surface area contributed by atoms with Crippen LogP contribution in [0, 0.1) is 0 Å². The van der Waals surface area contributed by atoms with E-state index in [1.807, 2.05) is 103 Å². The lowest BCUT2D eigenvalue weighted by Crippen LogP contribution is -2.31. The predicted octanol–water partition coefficient (Wildman–Crippen LogP) is 11.0. The Balaban J connectivity index is 1.41. The van der Waals surface area contributed by atoms with Gasteiger partial charge < -0.3 is 9.47 Å². The predicted molar refractivity (Wildman–Crippen MR) is 216 cm³/mol. The minimum Gasteiger partial charge on any atom is -0.307 e. The van der Waals surface area contributed by atoms with E-state index in [1.165, 1.54) is 4.90 Å². The van der Waals surface area contributed by atoms with Crippen molar-refractivity contribution in [3.05, 3.63) is 178 Å². The van der Waals surface area contributed by atoms with E-state index in [0.29, 0.717) is 50.0 Å². The Hall–Kier alpha value is -6.53. The normalized spacial score (nSPS) is 13.7. The second kappa shape index (κ2) is 12.0. The number of aromatic nitrogens is 1. The lowest BCUT2D eigenvalue weighted by atomic mass is 9.90. The number of rotatable bonds is 5. The number of para-hydroxylation sites is 5. The van der Waals surface area contributed by atoms with E-state index in [1.54, 1.807) is 0 Å². The minimum absolute atomic E-state index is 0.0657. The molecule has 0 saturated heterocycles. The molecule has 258 valence electrons. The Labute approximate surface area is 307 Å². The van der Waals surface area contributed by atoms with Crippen LogP contribution >= 0.6 is 0 Å². The molecule has 0 saturated carbocycles. The van der Waals surface area contributed by atoms with Gasteiger partial charge in [-0.1, -0.05) is 113 Å². The van der Waals surface area contributed by atoms with E-state index >= 15 is 0 Å². The number of carbonyl (C=O) groups is 2. The lowest BCUT2D eigenvalue weighted by Gasteiger charge is -2.36. The molecule has 53 heavy (non-hydrogen) atoms. The zero-order valence-electron chi connectivity index (χ0n) is 30.1. The van der Waals surface area contributed by atoms with E-state index in [9.17, 15) is 14.4 Å². The summed E-state index contributed by atoms with van der Waals surface area (Å²) in [5.41, 5.74) is 10.5. The Morgan fingerprint density at radius 3 is 1.43 bits per heavy atom. The Kier molecular flexibility index (Phi) is 7.35. The van der Waals surface area contributed by atoms with Crippen LogP contribution in [0.15, 0.2) is 139 Å². The molecule has 3 heterocycles. The average Bonchev–Trinajstić information content (AvgIpc) is 3.42. The number of carbonyl (C=O) groups excluding carboxylic acids is 2. The SMILES string of the molecule is C=C1c2ccccc2N(c2cc3c(cc2-n2c4ccccc4c(=O)c4ccccc42)C(=O)N(c2c(C(C)C)cccc2C(C)C)C3=O)c2ccccc21. The number of nitrogens with zero attached hydrogens (tertiary/aromatic N) is 3. The first-order valence-corrected chi connectivity index (χ1v) is 18.1. The van der Waals surface area contributed by atoms with Crippen molar-refractivity contribution in [2.24, 2.45) is 0 Å². The Bertz CT molecular complexity index is 2650. The van der Waals surface area contributed by atoms with Crippen molar-refractivity contribution in [1.29, 1.82) is 0 Å². The molecule has 0 radical (unpaired) electrons. The largest absolute Gasteiger partial charge is 0.307 e. The van der Waals surface area contributed by atoms with Crippen molar-refractivity contribution in [3.63, 3.8) is 0 Å². The number of imide groups is 1. The summed E-state index contributed by atoms with van der Waals surface area (Å²) in [5.74, 6) is -0.569. The first-order chi connectivity index (χ1) is 25.7. The summed E-state index contributed by atoms with van der Waals surface area (Å²) < 4.78 is 2.07. The van der Waals surface area contributed by atoms with Gasteiger partial charge in [0.05, 0.1) is 50.6 Å². The van der Waals surface area contributed by atoms with Gasteiger partial charge in [0.25, 0.3) is 11.8 Å². The molecule has 6 nitrogen and oxygen atoms in total. The second-order valence-electron chi connectivity index (χ2n) is 14.5. The fourth-order valence-corrected chi connectivity index (χ4v) is 8.23. The molecule has 2 aliphatic heterocycles. The monoisotopic (exact) mass is 691 g/mol. The van der Waals surface area contributed by atoms with Crippen LogP contribution in [0.1, 0.15) is 82.5 Å². The lowest BCUT2D eigenvalue weighted by molar-refractivity contribution is 0.0925. The zero-order valence-corrected chi connectivity index (χ0v) is 30.1. The molecule has 0 atom stereocenters. The van der Waals surface area contributed by atoms with E-state index in [0.717, 1.165) is 39.2 Å². The van der Waals surface area contributed by atoms with Crippen molar-refractivity contribution >= 4 is 61.9 Å². The molecule has 0 aliphatic carbocycles. The number of hydrogen-bond acceptors (Lipinski definition) is 4. The smallest absolute Gasteiger partial charge is 0.266 e.